The Balaban J connectivity index is 1.51. The zero-order chi connectivity index (χ0) is 24.8. The van der Waals surface area contributed by atoms with Crippen molar-refractivity contribution in [2.75, 3.05) is 18.8 Å². The van der Waals surface area contributed by atoms with E-state index in [2.05, 4.69) is 22.2 Å². The van der Waals surface area contributed by atoms with E-state index in [-0.39, 0.29) is 6.54 Å². The molecule has 1 aromatic heterocycles. The van der Waals surface area contributed by atoms with E-state index in [1.165, 1.54) is 18.3 Å². The van der Waals surface area contributed by atoms with E-state index in [1.807, 2.05) is 28.8 Å². The summed E-state index contributed by atoms with van der Waals surface area (Å²) in [7, 11) is 0. The number of aliphatic imine (C=N–C) groups is 1. The molecule has 1 aliphatic heterocycles. The maximum Gasteiger partial charge on any atom is 0.143 e. The molecule has 35 heavy (non-hydrogen) atoms. The molecular weight excluding hydrogens is 470 g/mol. The molecule has 0 bridgehead atoms. The Bertz CT molecular complexity index is 1220. The number of hydrogen-bond donors (Lipinski definition) is 3. The quantitative estimate of drug-likeness (QED) is 0.357. The van der Waals surface area contributed by atoms with Crippen LogP contribution in [0.5, 0.6) is 0 Å². The molecule has 1 saturated heterocycles. The van der Waals surface area contributed by atoms with E-state index in [1.54, 1.807) is 0 Å². The molecule has 1 aliphatic rings. The lowest BCUT2D eigenvalue weighted by Crippen LogP contribution is -2.28. The van der Waals surface area contributed by atoms with Crippen LogP contribution in [0.3, 0.4) is 0 Å². The van der Waals surface area contributed by atoms with Gasteiger partial charge < -0.3 is 20.9 Å². The molecule has 4 rings (SSSR count). The molecule has 6 nitrogen and oxygen atoms in total. The smallest absolute Gasteiger partial charge is 0.143 e. The fourth-order valence-corrected chi connectivity index (χ4v) is 4.40. The van der Waals surface area contributed by atoms with Gasteiger partial charge in [-0.2, -0.15) is 0 Å². The number of piperidine rings is 1. The normalized spacial score (nSPS) is 14.5. The van der Waals surface area contributed by atoms with Crippen LogP contribution in [-0.2, 0) is 13.1 Å². The molecular formula is C26H29ClF2N6. The lowest BCUT2D eigenvalue weighted by Gasteiger charge is -2.23. The number of halogens is 3. The number of imidazole rings is 1. The molecule has 1 fully saturated rings. The van der Waals surface area contributed by atoms with Gasteiger partial charge in [0.25, 0.3) is 0 Å². The lowest BCUT2D eigenvalue weighted by atomic mass is 9.95. The second kappa shape index (κ2) is 11.5. The van der Waals surface area contributed by atoms with Gasteiger partial charge in [0.2, 0.25) is 0 Å². The molecule has 0 saturated carbocycles. The lowest BCUT2D eigenvalue weighted by molar-refractivity contribution is 0.339. The maximum atomic E-state index is 13.9. The summed E-state index contributed by atoms with van der Waals surface area (Å²) in [5.74, 6) is 0.867. The number of hydrogen-bond acceptors (Lipinski definition) is 5. The van der Waals surface area contributed by atoms with Crippen LogP contribution in [0.15, 0.2) is 59.9 Å². The second-order valence-corrected chi connectivity index (χ2v) is 9.02. The van der Waals surface area contributed by atoms with Crippen molar-refractivity contribution < 1.29 is 8.78 Å². The number of rotatable bonds is 9. The van der Waals surface area contributed by atoms with Crippen LogP contribution in [0.2, 0.25) is 5.02 Å². The zero-order valence-electron chi connectivity index (χ0n) is 19.4. The van der Waals surface area contributed by atoms with E-state index in [0.29, 0.717) is 39.7 Å². The summed E-state index contributed by atoms with van der Waals surface area (Å²) in [6.45, 7) is 6.77. The van der Waals surface area contributed by atoms with Crippen LogP contribution in [0.25, 0.3) is 11.4 Å². The number of nitrogens with one attached hydrogen (secondary N) is 2. The summed E-state index contributed by atoms with van der Waals surface area (Å²) in [5, 5.41) is 6.91. The van der Waals surface area contributed by atoms with Crippen LogP contribution in [0.4, 0.5) is 14.6 Å². The van der Waals surface area contributed by atoms with Crippen molar-refractivity contribution in [1.82, 2.24) is 20.2 Å². The van der Waals surface area contributed by atoms with E-state index in [0.717, 1.165) is 50.5 Å². The fourth-order valence-electron chi connectivity index (χ4n) is 4.18. The highest BCUT2D eigenvalue weighted by molar-refractivity contribution is 6.33. The highest BCUT2D eigenvalue weighted by Crippen LogP contribution is 2.31. The molecule has 3 aromatic rings. The van der Waals surface area contributed by atoms with Crippen molar-refractivity contribution in [3.63, 3.8) is 0 Å². The third-order valence-corrected chi connectivity index (χ3v) is 6.54. The molecule has 0 spiro atoms. The average Bonchev–Trinajstić information content (AvgIpc) is 3.16. The Hall–Kier alpha value is -3.23. The minimum Gasteiger partial charge on any atom is -0.383 e. The van der Waals surface area contributed by atoms with Crippen LogP contribution >= 0.6 is 11.6 Å². The standard InChI is InChI=1S/C26H29ClF2N6/c1-17(32-15-19-6-7-20(28)14-23(19)29)33-16-24-25(30)35(13-10-18-8-11-31-12-9-18)26(34-24)21-4-2-3-5-22(21)27/h2-7,14,16,18,31-32H,1,8-13,15,30H2/b33-16-. The number of nitrogens with zero attached hydrogens (tertiary/aromatic N) is 3. The second-order valence-electron chi connectivity index (χ2n) is 8.61. The number of benzene rings is 2. The molecule has 0 atom stereocenters. The van der Waals surface area contributed by atoms with Crippen molar-refractivity contribution in [3.8, 4) is 11.4 Å². The Kier molecular flexibility index (Phi) is 8.15. The predicted molar refractivity (Wildman–Crippen MR) is 137 cm³/mol. The van der Waals surface area contributed by atoms with Crippen molar-refractivity contribution >= 4 is 23.6 Å². The Morgan fingerprint density at radius 1 is 1.26 bits per heavy atom. The summed E-state index contributed by atoms with van der Waals surface area (Å²) < 4.78 is 29.0. The molecule has 2 aromatic carbocycles. The third-order valence-electron chi connectivity index (χ3n) is 6.21. The first kappa shape index (κ1) is 24.9. The van der Waals surface area contributed by atoms with Gasteiger partial charge in [-0.15, -0.1) is 0 Å². The molecule has 0 unspecified atom stereocenters. The first-order valence-corrected chi connectivity index (χ1v) is 12.0. The number of nitrogens with two attached hydrogens (primary N) is 1. The topological polar surface area (TPSA) is 80.3 Å². The van der Waals surface area contributed by atoms with Crippen molar-refractivity contribution in [2.24, 2.45) is 10.9 Å². The Morgan fingerprint density at radius 3 is 2.77 bits per heavy atom. The zero-order valence-corrected chi connectivity index (χ0v) is 20.2. The fraction of sp³-hybridized carbons (Fsp3) is 0.308. The van der Waals surface area contributed by atoms with E-state index < -0.39 is 11.6 Å². The molecule has 9 heteroatoms. The summed E-state index contributed by atoms with van der Waals surface area (Å²) in [5.41, 5.74) is 8.12. The first-order chi connectivity index (χ1) is 16.9. The summed E-state index contributed by atoms with van der Waals surface area (Å²) >= 11 is 6.48. The van der Waals surface area contributed by atoms with Gasteiger partial charge in [-0.05, 0) is 56.5 Å². The van der Waals surface area contributed by atoms with Crippen LogP contribution in [0, 0.1) is 17.6 Å². The van der Waals surface area contributed by atoms with Gasteiger partial charge >= 0.3 is 0 Å². The van der Waals surface area contributed by atoms with E-state index in [4.69, 9.17) is 22.3 Å². The molecule has 184 valence electrons. The minimum absolute atomic E-state index is 0.118. The van der Waals surface area contributed by atoms with Crippen LogP contribution in [0.1, 0.15) is 30.5 Å². The molecule has 4 N–H and O–H groups in total. The summed E-state index contributed by atoms with van der Waals surface area (Å²) in [4.78, 5) is 9.05. The van der Waals surface area contributed by atoms with Gasteiger partial charge in [0, 0.05) is 30.3 Å². The number of aromatic nitrogens is 2. The third kappa shape index (κ3) is 6.26. The van der Waals surface area contributed by atoms with Crippen molar-refractivity contribution in [1.29, 1.82) is 0 Å². The molecule has 0 amide bonds. The van der Waals surface area contributed by atoms with Gasteiger partial charge in [-0.3, -0.25) is 0 Å². The van der Waals surface area contributed by atoms with E-state index >= 15 is 0 Å². The largest absolute Gasteiger partial charge is 0.383 e. The van der Waals surface area contributed by atoms with Crippen LogP contribution < -0.4 is 16.4 Å². The predicted octanol–water partition coefficient (Wildman–Crippen LogP) is 5.13. The minimum atomic E-state index is -0.629. The Labute approximate surface area is 208 Å². The Morgan fingerprint density at radius 2 is 2.03 bits per heavy atom. The van der Waals surface area contributed by atoms with Crippen molar-refractivity contribution in [3.05, 3.63) is 82.8 Å². The molecule has 2 heterocycles. The summed E-state index contributed by atoms with van der Waals surface area (Å²) in [6, 6.07) is 11.0. The average molecular weight is 499 g/mol. The van der Waals surface area contributed by atoms with E-state index in [9.17, 15) is 8.78 Å². The maximum absolute atomic E-state index is 13.9. The van der Waals surface area contributed by atoms with Crippen molar-refractivity contribution in [2.45, 2.75) is 32.4 Å². The number of nitrogen functional groups attached to an aromatic ring is 1. The number of anilines is 1. The highest BCUT2D eigenvalue weighted by atomic mass is 35.5. The molecule has 0 radical (unpaired) electrons. The first-order valence-electron chi connectivity index (χ1n) is 11.6. The van der Waals surface area contributed by atoms with Gasteiger partial charge in [0.1, 0.15) is 34.8 Å². The summed E-state index contributed by atoms with van der Waals surface area (Å²) in [6.07, 6.45) is 4.82. The molecule has 0 aliphatic carbocycles. The van der Waals surface area contributed by atoms with Crippen LogP contribution in [-0.4, -0.2) is 28.9 Å². The monoisotopic (exact) mass is 498 g/mol. The highest BCUT2D eigenvalue weighted by Gasteiger charge is 2.19. The van der Waals surface area contributed by atoms with Gasteiger partial charge in [0.15, 0.2) is 0 Å². The van der Waals surface area contributed by atoms with Gasteiger partial charge in [-0.25, -0.2) is 18.8 Å². The SMILES string of the molecule is C=C(/N=C\c1nc(-c2ccccc2Cl)n(CCC2CCNCC2)c1N)NCc1ccc(F)cc1F. The van der Waals surface area contributed by atoms with Gasteiger partial charge in [-0.1, -0.05) is 36.4 Å². The van der Waals surface area contributed by atoms with Gasteiger partial charge in [0.05, 0.1) is 11.2 Å².